The molecule has 1 saturated heterocycles. The predicted molar refractivity (Wildman–Crippen MR) is 249 cm³/mol. The quantitative estimate of drug-likeness (QED) is 0.0712. The molecule has 338 valence electrons. The van der Waals surface area contributed by atoms with Crippen molar-refractivity contribution in [2.45, 2.75) is 56.4 Å². The number of imidazole rings is 1. The maximum atomic E-state index is 14.1. The van der Waals surface area contributed by atoms with Crippen LogP contribution in [0.5, 0.6) is 0 Å². The van der Waals surface area contributed by atoms with E-state index in [0.717, 1.165) is 53.8 Å². The van der Waals surface area contributed by atoms with Crippen molar-refractivity contribution in [2.75, 3.05) is 57.5 Å². The van der Waals surface area contributed by atoms with Crippen LogP contribution in [0.15, 0.2) is 75.7 Å². The number of nitrogens with one attached hydrogen (secondary N) is 4. The van der Waals surface area contributed by atoms with Crippen LogP contribution < -0.4 is 31.9 Å². The summed E-state index contributed by atoms with van der Waals surface area (Å²) in [6, 6.07) is 17.8. The molecule has 6 aromatic rings. The first-order valence-electron chi connectivity index (χ1n) is 21.2. The molecule has 7 rings (SSSR count). The second-order valence-corrected chi connectivity index (χ2v) is 19.2. The summed E-state index contributed by atoms with van der Waals surface area (Å²) in [6.07, 6.45) is 3.40. The van der Waals surface area contributed by atoms with Crippen LogP contribution in [0.25, 0.3) is 33.2 Å². The molecule has 4 amide bonds. The van der Waals surface area contributed by atoms with Gasteiger partial charge in [0.15, 0.2) is 5.13 Å². The van der Waals surface area contributed by atoms with Crippen LogP contribution in [0.1, 0.15) is 59.8 Å². The number of aryl methyl sites for hydroxylation is 4. The molecule has 1 unspecified atom stereocenters. The van der Waals surface area contributed by atoms with E-state index in [-0.39, 0.29) is 48.0 Å². The molecule has 19 heteroatoms. The van der Waals surface area contributed by atoms with E-state index in [1.807, 2.05) is 85.4 Å². The maximum Gasteiger partial charge on any atom is 0.329 e. The molecule has 0 spiro atoms. The summed E-state index contributed by atoms with van der Waals surface area (Å²) in [6.45, 7) is 3.22. The van der Waals surface area contributed by atoms with Crippen molar-refractivity contribution in [3.05, 3.63) is 93.3 Å². The molecule has 3 aromatic heterocycles. The Balaban J connectivity index is 0.894. The van der Waals surface area contributed by atoms with Gasteiger partial charge in [-0.3, -0.25) is 33.6 Å². The number of sulfonamides is 1. The molecule has 0 radical (unpaired) electrons. The summed E-state index contributed by atoms with van der Waals surface area (Å²) in [5.41, 5.74) is 6.29. The van der Waals surface area contributed by atoms with Crippen LogP contribution in [-0.4, -0.2) is 102 Å². The first-order valence-corrected chi connectivity index (χ1v) is 23.5. The first kappa shape index (κ1) is 45.9. The number of amides is 4. The Bertz CT molecular complexity index is 2930. The number of hydrogen-bond donors (Lipinski definition) is 4. The summed E-state index contributed by atoms with van der Waals surface area (Å²) in [5, 5.41) is 13.9. The second-order valence-electron chi connectivity index (χ2n) is 16.4. The zero-order valence-corrected chi connectivity index (χ0v) is 38.5. The van der Waals surface area contributed by atoms with Crippen molar-refractivity contribution < 1.29 is 27.6 Å². The minimum atomic E-state index is -4.01. The number of benzene rings is 3. The van der Waals surface area contributed by atoms with E-state index >= 15 is 0 Å². The number of unbranched alkanes of at least 4 members (excludes halogenated alkanes) is 1. The molecule has 0 aliphatic carbocycles. The summed E-state index contributed by atoms with van der Waals surface area (Å²) in [5.74, 6) is -1.85. The van der Waals surface area contributed by atoms with Crippen molar-refractivity contribution in [2.24, 2.45) is 14.1 Å². The minimum Gasteiger partial charge on any atom is -0.378 e. The Labute approximate surface area is 375 Å². The highest BCUT2D eigenvalue weighted by Crippen LogP contribution is 2.31. The Hall–Kier alpha value is -6.15. The molecule has 4 heterocycles. The molecule has 4 N–H and O–H groups in total. The van der Waals surface area contributed by atoms with E-state index in [9.17, 15) is 32.4 Å². The zero-order valence-electron chi connectivity index (χ0n) is 36.9. The summed E-state index contributed by atoms with van der Waals surface area (Å²) in [7, 11) is 4.92. The zero-order chi connectivity index (χ0) is 45.9. The number of nitrogens with zero attached hydrogens (tertiary/aromatic N) is 6. The largest absolute Gasteiger partial charge is 0.378 e. The lowest BCUT2D eigenvalue weighted by atomic mass is 10.1. The molecule has 1 aliphatic heterocycles. The summed E-state index contributed by atoms with van der Waals surface area (Å²) in [4.78, 5) is 70.2. The Morgan fingerprint density at radius 1 is 0.922 bits per heavy atom. The normalized spacial score (nSPS) is 14.4. The predicted octanol–water partition coefficient (Wildman–Crippen LogP) is 4.30. The Morgan fingerprint density at radius 3 is 2.47 bits per heavy atom. The monoisotopic (exact) mass is 910 g/mol. The van der Waals surface area contributed by atoms with Crippen molar-refractivity contribution in [1.29, 1.82) is 0 Å². The molecule has 1 aliphatic rings. The van der Waals surface area contributed by atoms with Crippen LogP contribution in [0, 0.1) is 6.92 Å². The summed E-state index contributed by atoms with van der Waals surface area (Å²) < 4.78 is 34.3. The van der Waals surface area contributed by atoms with Gasteiger partial charge in [0.1, 0.15) is 6.04 Å². The van der Waals surface area contributed by atoms with Gasteiger partial charge in [-0.05, 0) is 100 Å². The number of carbonyl (C=O) groups is 4. The van der Waals surface area contributed by atoms with Gasteiger partial charge in [-0.2, -0.15) is 0 Å². The fourth-order valence-corrected chi connectivity index (χ4v) is 10.1. The van der Waals surface area contributed by atoms with E-state index in [1.54, 1.807) is 19.2 Å². The fraction of sp³-hybridized carbons (Fsp3) is 0.378. The van der Waals surface area contributed by atoms with Gasteiger partial charge < -0.3 is 25.4 Å². The summed E-state index contributed by atoms with van der Waals surface area (Å²) >= 11 is 1.28. The third-order valence-corrected chi connectivity index (χ3v) is 14.4. The SMILES string of the molecule is Cc1cc2c(S(=O)(=O)N(C)CCCCNCCCc3ccc4c(c3)n(C)c(=O)n4C3CCC(=O)NC3=O)cc(C(=O)NCC(=O)Nc3nc(-c4cccc(N(C)C)c4)cs3)cc2n1C. The van der Waals surface area contributed by atoms with Gasteiger partial charge in [0, 0.05) is 81.5 Å². The van der Waals surface area contributed by atoms with Gasteiger partial charge in [0.2, 0.25) is 27.7 Å². The lowest BCUT2D eigenvalue weighted by Gasteiger charge is -2.21. The van der Waals surface area contributed by atoms with Crippen LogP contribution in [0.3, 0.4) is 0 Å². The number of rotatable bonds is 18. The highest BCUT2D eigenvalue weighted by molar-refractivity contribution is 7.89. The van der Waals surface area contributed by atoms with Gasteiger partial charge in [0.05, 0.1) is 33.7 Å². The van der Waals surface area contributed by atoms with Gasteiger partial charge in [-0.1, -0.05) is 18.2 Å². The van der Waals surface area contributed by atoms with Gasteiger partial charge in [0.25, 0.3) is 5.91 Å². The van der Waals surface area contributed by atoms with Crippen LogP contribution in [0.2, 0.25) is 0 Å². The number of anilines is 2. The number of piperidine rings is 1. The van der Waals surface area contributed by atoms with Crippen molar-refractivity contribution in [3.63, 3.8) is 0 Å². The molecule has 1 atom stereocenters. The third-order valence-electron chi connectivity index (χ3n) is 11.7. The van der Waals surface area contributed by atoms with Gasteiger partial charge in [-0.25, -0.2) is 22.5 Å². The molecule has 64 heavy (non-hydrogen) atoms. The van der Waals surface area contributed by atoms with Gasteiger partial charge >= 0.3 is 5.69 Å². The standard InChI is InChI=1S/C45H54N10O7S2/c1-28-21-33-37(53(28)5)24-31(42(58)47-26-41(57)50-44-48-34(27-63-44)30-12-9-13-32(23-30)51(2)3)25-39(33)64(61,62)52(4)20-8-7-18-46-19-10-11-29-14-15-35-38(22-29)54(6)45(60)55(35)36-16-17-40(56)49-43(36)59/h9,12-15,21-25,27,36,46H,7-8,10-11,16-20,26H2,1-6H3,(H,47,58)(H,48,50,57)(H,49,56,59). The number of aromatic nitrogens is 4. The van der Waals surface area contributed by atoms with Gasteiger partial charge in [-0.15, -0.1) is 11.3 Å². The lowest BCUT2D eigenvalue weighted by Crippen LogP contribution is -2.44. The highest BCUT2D eigenvalue weighted by Gasteiger charge is 2.31. The number of carbonyl (C=O) groups excluding carboxylic acids is 4. The molecule has 17 nitrogen and oxygen atoms in total. The number of fused-ring (bicyclic) bond motifs is 2. The lowest BCUT2D eigenvalue weighted by molar-refractivity contribution is -0.135. The van der Waals surface area contributed by atoms with E-state index in [1.165, 1.54) is 37.9 Å². The van der Waals surface area contributed by atoms with E-state index in [0.29, 0.717) is 40.2 Å². The van der Waals surface area contributed by atoms with Crippen molar-refractivity contribution in [1.82, 2.24) is 38.9 Å². The highest BCUT2D eigenvalue weighted by atomic mass is 32.2. The smallest absolute Gasteiger partial charge is 0.329 e. The third kappa shape index (κ3) is 9.81. The molecule has 0 saturated carbocycles. The topological polar surface area (TPSA) is 202 Å². The molecular formula is C45H54N10O7S2. The average Bonchev–Trinajstić information content (AvgIpc) is 3.93. The maximum absolute atomic E-state index is 14.1. The number of hydrogen-bond acceptors (Lipinski definition) is 11. The Kier molecular flexibility index (Phi) is 13.8. The first-order chi connectivity index (χ1) is 30.5. The van der Waals surface area contributed by atoms with Crippen molar-refractivity contribution >= 4 is 77.7 Å². The molecule has 1 fully saturated rings. The van der Waals surface area contributed by atoms with Crippen LogP contribution >= 0.6 is 11.3 Å². The molecule has 3 aromatic carbocycles. The van der Waals surface area contributed by atoms with Crippen molar-refractivity contribution in [3.8, 4) is 11.3 Å². The van der Waals surface area contributed by atoms with E-state index in [4.69, 9.17) is 0 Å². The van der Waals surface area contributed by atoms with Crippen LogP contribution in [0.4, 0.5) is 10.8 Å². The number of imide groups is 1. The van der Waals surface area contributed by atoms with E-state index < -0.39 is 33.8 Å². The second kappa shape index (κ2) is 19.3. The minimum absolute atomic E-state index is 0.0170. The molecule has 0 bridgehead atoms. The molecular weight excluding hydrogens is 857 g/mol. The Morgan fingerprint density at radius 2 is 1.70 bits per heavy atom. The van der Waals surface area contributed by atoms with Crippen LogP contribution in [-0.2, 0) is 44.9 Å². The fourth-order valence-electron chi connectivity index (χ4n) is 7.92. The van der Waals surface area contributed by atoms with E-state index in [2.05, 4.69) is 26.3 Å². The number of thiazole rings is 1. The average molecular weight is 911 g/mol.